The molecule has 0 atom stereocenters. The van der Waals surface area contributed by atoms with Gasteiger partial charge in [-0.1, -0.05) is 18.2 Å². The topological polar surface area (TPSA) is 75.6 Å². The molecule has 0 aromatic heterocycles. The van der Waals surface area contributed by atoms with Crippen LogP contribution in [0.2, 0.25) is 0 Å². The minimum Gasteiger partial charge on any atom is -0.480 e. The Kier molecular flexibility index (Phi) is 6.84. The Morgan fingerprint density at radius 1 is 1.23 bits per heavy atom. The Morgan fingerprint density at radius 3 is 2.55 bits per heavy atom. The van der Waals surface area contributed by atoms with E-state index in [0.29, 0.717) is 5.56 Å². The zero-order chi connectivity index (χ0) is 16.6. The highest BCUT2D eigenvalue weighted by molar-refractivity contribution is 5.95. The molecule has 22 heavy (non-hydrogen) atoms. The summed E-state index contributed by atoms with van der Waals surface area (Å²) in [6.45, 7) is -0.402. The normalized spacial score (nSPS) is 11.2. The van der Waals surface area contributed by atoms with Crippen LogP contribution in [-0.2, 0) is 16.0 Å². The van der Waals surface area contributed by atoms with E-state index in [1.165, 1.54) is 12.1 Å². The molecule has 0 heterocycles. The summed E-state index contributed by atoms with van der Waals surface area (Å²) in [5.41, 5.74) is 0.480. The van der Waals surface area contributed by atoms with Crippen molar-refractivity contribution in [2.75, 3.05) is 19.8 Å². The third-order valence-corrected chi connectivity index (χ3v) is 2.70. The fraction of sp³-hybridized carbons (Fsp3) is 0.429. The first-order valence-electron chi connectivity index (χ1n) is 6.52. The zero-order valence-electron chi connectivity index (χ0n) is 11.7. The first-order valence-corrected chi connectivity index (χ1v) is 6.52. The largest absolute Gasteiger partial charge is 0.480 e. The van der Waals surface area contributed by atoms with E-state index in [1.54, 1.807) is 12.1 Å². The molecule has 0 aliphatic carbocycles. The molecule has 0 aliphatic heterocycles. The van der Waals surface area contributed by atoms with E-state index < -0.39 is 31.1 Å². The number of carboxylic acids is 1. The summed E-state index contributed by atoms with van der Waals surface area (Å²) in [5, 5.41) is 10.8. The van der Waals surface area contributed by atoms with Crippen molar-refractivity contribution in [3.63, 3.8) is 0 Å². The van der Waals surface area contributed by atoms with Gasteiger partial charge in [-0.05, 0) is 18.1 Å². The van der Waals surface area contributed by atoms with Crippen LogP contribution in [0.5, 0.6) is 0 Å². The highest BCUT2D eigenvalue weighted by Gasteiger charge is 2.27. The van der Waals surface area contributed by atoms with Crippen molar-refractivity contribution in [1.29, 1.82) is 0 Å². The third kappa shape index (κ3) is 7.07. The number of carbonyl (C=O) groups is 2. The number of nitrogens with one attached hydrogen (secondary N) is 1. The number of carbonyl (C=O) groups excluding carboxylic acids is 1. The highest BCUT2D eigenvalue weighted by Crippen LogP contribution is 2.23. The fourth-order valence-corrected chi connectivity index (χ4v) is 1.73. The Morgan fingerprint density at radius 2 is 1.91 bits per heavy atom. The lowest BCUT2D eigenvalue weighted by Gasteiger charge is -2.11. The number of aryl methyl sites for hydroxylation is 1. The summed E-state index contributed by atoms with van der Waals surface area (Å²) >= 11 is 0. The van der Waals surface area contributed by atoms with Crippen molar-refractivity contribution in [2.45, 2.75) is 19.0 Å². The van der Waals surface area contributed by atoms with E-state index in [2.05, 4.69) is 5.32 Å². The number of ether oxygens (including phenoxy) is 1. The third-order valence-electron chi connectivity index (χ3n) is 2.70. The summed E-state index contributed by atoms with van der Waals surface area (Å²) < 4.78 is 41.5. The van der Waals surface area contributed by atoms with Crippen LogP contribution in [0.3, 0.4) is 0 Å². The molecule has 0 bridgehead atoms. The Labute approximate surface area is 125 Å². The van der Waals surface area contributed by atoms with Crippen molar-refractivity contribution < 1.29 is 32.6 Å². The number of rotatable bonds is 8. The summed E-state index contributed by atoms with van der Waals surface area (Å²) in [6.07, 6.45) is -5.56. The quantitative estimate of drug-likeness (QED) is 0.719. The SMILES string of the molecule is O=C(O)COCCNC(=O)c1ccccc1CCC(F)(F)F. The Balaban J connectivity index is 2.52. The standard InChI is InChI=1S/C14H16F3NO4/c15-14(16,17)6-5-10-3-1-2-4-11(10)13(21)18-7-8-22-9-12(19)20/h1-4H,5-9H2,(H,18,21)(H,19,20). The molecule has 1 amide bonds. The first kappa shape index (κ1) is 18.0. The molecule has 2 N–H and O–H groups in total. The maximum absolute atomic E-state index is 12.3. The van der Waals surface area contributed by atoms with Gasteiger partial charge in [0.2, 0.25) is 0 Å². The minimum absolute atomic E-state index is 0.00274. The van der Waals surface area contributed by atoms with E-state index in [0.717, 1.165) is 0 Å². The van der Waals surface area contributed by atoms with Gasteiger partial charge in [-0.15, -0.1) is 0 Å². The number of carboxylic acid groups (broad SMARTS) is 1. The lowest BCUT2D eigenvalue weighted by Crippen LogP contribution is -2.28. The van der Waals surface area contributed by atoms with Crippen LogP contribution in [0.4, 0.5) is 13.2 Å². The molecule has 1 aromatic carbocycles. The molecular formula is C14H16F3NO4. The van der Waals surface area contributed by atoms with Crippen LogP contribution in [0.15, 0.2) is 24.3 Å². The average molecular weight is 319 g/mol. The Bertz CT molecular complexity index is 517. The van der Waals surface area contributed by atoms with E-state index >= 15 is 0 Å². The van der Waals surface area contributed by atoms with E-state index in [9.17, 15) is 22.8 Å². The number of hydrogen-bond donors (Lipinski definition) is 2. The second kappa shape index (κ2) is 8.38. The van der Waals surface area contributed by atoms with E-state index in [-0.39, 0.29) is 25.1 Å². The van der Waals surface area contributed by atoms with Crippen LogP contribution < -0.4 is 5.32 Å². The first-order chi connectivity index (χ1) is 10.3. The summed E-state index contributed by atoms with van der Waals surface area (Å²) in [5.74, 6) is -1.64. The average Bonchev–Trinajstić information content (AvgIpc) is 2.43. The smallest absolute Gasteiger partial charge is 0.389 e. The molecule has 0 radical (unpaired) electrons. The monoisotopic (exact) mass is 319 g/mol. The van der Waals surface area contributed by atoms with Gasteiger partial charge in [-0.25, -0.2) is 4.79 Å². The van der Waals surface area contributed by atoms with E-state index in [1.807, 2.05) is 0 Å². The number of alkyl halides is 3. The maximum atomic E-state index is 12.3. The number of halogens is 3. The van der Waals surface area contributed by atoms with Crippen molar-refractivity contribution >= 4 is 11.9 Å². The summed E-state index contributed by atoms with van der Waals surface area (Å²) in [7, 11) is 0. The van der Waals surface area contributed by atoms with Gasteiger partial charge >= 0.3 is 12.1 Å². The molecule has 0 fully saturated rings. The van der Waals surface area contributed by atoms with Crippen LogP contribution in [0.1, 0.15) is 22.3 Å². The number of amides is 1. The minimum atomic E-state index is -4.28. The predicted octanol–water partition coefficient (Wildman–Crippen LogP) is 2.01. The van der Waals surface area contributed by atoms with Gasteiger partial charge in [0.05, 0.1) is 6.61 Å². The maximum Gasteiger partial charge on any atom is 0.389 e. The molecule has 0 spiro atoms. The number of aliphatic carboxylic acids is 1. The number of benzene rings is 1. The molecule has 1 aromatic rings. The second-order valence-electron chi connectivity index (χ2n) is 4.47. The van der Waals surface area contributed by atoms with Crippen molar-refractivity contribution in [2.24, 2.45) is 0 Å². The van der Waals surface area contributed by atoms with Gasteiger partial charge in [-0.2, -0.15) is 13.2 Å². The molecular weight excluding hydrogens is 303 g/mol. The molecule has 122 valence electrons. The fourth-order valence-electron chi connectivity index (χ4n) is 1.73. The van der Waals surface area contributed by atoms with Gasteiger partial charge < -0.3 is 15.2 Å². The van der Waals surface area contributed by atoms with Gasteiger partial charge in [0.25, 0.3) is 5.91 Å². The van der Waals surface area contributed by atoms with Crippen LogP contribution >= 0.6 is 0 Å². The lowest BCUT2D eigenvalue weighted by molar-refractivity contribution is -0.142. The molecule has 0 saturated carbocycles. The Hall–Kier alpha value is -2.09. The number of hydrogen-bond acceptors (Lipinski definition) is 3. The van der Waals surface area contributed by atoms with Crippen molar-refractivity contribution in [1.82, 2.24) is 5.32 Å². The molecule has 8 heteroatoms. The van der Waals surface area contributed by atoms with Gasteiger partial charge in [0.1, 0.15) is 6.61 Å². The van der Waals surface area contributed by atoms with Crippen LogP contribution in [-0.4, -0.2) is 42.9 Å². The summed E-state index contributed by atoms with van der Waals surface area (Å²) in [6, 6.07) is 6.05. The molecule has 5 nitrogen and oxygen atoms in total. The molecule has 0 unspecified atom stereocenters. The predicted molar refractivity (Wildman–Crippen MR) is 71.6 cm³/mol. The molecule has 0 aliphatic rings. The van der Waals surface area contributed by atoms with E-state index in [4.69, 9.17) is 9.84 Å². The molecule has 1 rings (SSSR count). The van der Waals surface area contributed by atoms with Crippen LogP contribution in [0.25, 0.3) is 0 Å². The molecule has 0 saturated heterocycles. The lowest BCUT2D eigenvalue weighted by atomic mass is 10.0. The summed E-state index contributed by atoms with van der Waals surface area (Å²) in [4.78, 5) is 22.1. The van der Waals surface area contributed by atoms with Crippen molar-refractivity contribution in [3.05, 3.63) is 35.4 Å². The zero-order valence-corrected chi connectivity index (χ0v) is 11.7. The van der Waals surface area contributed by atoms with Gasteiger partial charge in [0, 0.05) is 18.5 Å². The van der Waals surface area contributed by atoms with Gasteiger partial charge in [-0.3, -0.25) is 4.79 Å². The van der Waals surface area contributed by atoms with Crippen molar-refractivity contribution in [3.8, 4) is 0 Å². The van der Waals surface area contributed by atoms with Gasteiger partial charge in [0.15, 0.2) is 0 Å². The highest BCUT2D eigenvalue weighted by atomic mass is 19.4. The second-order valence-corrected chi connectivity index (χ2v) is 4.47. The van der Waals surface area contributed by atoms with Crippen LogP contribution in [0, 0.1) is 0 Å².